The molecule has 0 saturated carbocycles. The molecular weight excluding hydrogens is 333 g/mol. The molecule has 2 aromatic carbocycles. The van der Waals surface area contributed by atoms with Gasteiger partial charge in [-0.25, -0.2) is 5.43 Å². The minimum absolute atomic E-state index is 0.274. The molecule has 0 unspecified atom stereocenters. The lowest BCUT2D eigenvalue weighted by molar-refractivity contribution is 0.0955. The molecule has 23 heavy (non-hydrogen) atoms. The number of carbonyl (C=O) groups excluding carboxylic acids is 1. The van der Waals surface area contributed by atoms with Crippen molar-refractivity contribution in [2.45, 2.75) is 0 Å². The average Bonchev–Trinajstić information content (AvgIpc) is 2.57. The van der Waals surface area contributed by atoms with Gasteiger partial charge in [0.05, 0.1) is 22.3 Å². The van der Waals surface area contributed by atoms with Gasteiger partial charge in [-0.05, 0) is 30.3 Å². The Morgan fingerprint density at radius 1 is 1.13 bits per heavy atom. The SMILES string of the molecule is O=C(NN=Cc1ccnc2ccccc12)c1cc(Cl)ccc1Cl. The predicted molar refractivity (Wildman–Crippen MR) is 93.3 cm³/mol. The van der Waals surface area contributed by atoms with E-state index in [2.05, 4.69) is 15.5 Å². The van der Waals surface area contributed by atoms with Gasteiger partial charge in [0.1, 0.15) is 0 Å². The van der Waals surface area contributed by atoms with Gasteiger partial charge in [0, 0.05) is 22.2 Å². The van der Waals surface area contributed by atoms with Crippen LogP contribution in [0.1, 0.15) is 15.9 Å². The number of para-hydroxylation sites is 1. The first-order valence-electron chi connectivity index (χ1n) is 6.77. The number of hydrogen-bond acceptors (Lipinski definition) is 3. The summed E-state index contributed by atoms with van der Waals surface area (Å²) in [6.07, 6.45) is 3.26. The average molecular weight is 344 g/mol. The van der Waals surface area contributed by atoms with E-state index in [9.17, 15) is 4.79 Å². The number of hydrogen-bond donors (Lipinski definition) is 1. The minimum Gasteiger partial charge on any atom is -0.267 e. The maximum atomic E-state index is 12.1. The predicted octanol–water partition coefficient (Wildman–Crippen LogP) is 4.31. The molecular formula is C17H11Cl2N3O. The van der Waals surface area contributed by atoms with E-state index < -0.39 is 5.91 Å². The Hall–Kier alpha value is -2.43. The van der Waals surface area contributed by atoms with Gasteiger partial charge in [-0.3, -0.25) is 9.78 Å². The van der Waals surface area contributed by atoms with Crippen LogP contribution >= 0.6 is 23.2 Å². The quantitative estimate of drug-likeness (QED) is 0.569. The molecule has 0 fully saturated rings. The molecule has 0 aliphatic heterocycles. The highest BCUT2D eigenvalue weighted by Crippen LogP contribution is 2.20. The molecule has 1 N–H and O–H groups in total. The molecule has 114 valence electrons. The Balaban J connectivity index is 1.80. The van der Waals surface area contributed by atoms with Crippen LogP contribution in [-0.4, -0.2) is 17.1 Å². The molecule has 3 rings (SSSR count). The summed E-state index contributed by atoms with van der Waals surface area (Å²) in [7, 11) is 0. The van der Waals surface area contributed by atoms with E-state index in [0.29, 0.717) is 10.0 Å². The molecule has 1 aromatic heterocycles. The first kappa shape index (κ1) is 15.5. The third kappa shape index (κ3) is 3.50. The maximum absolute atomic E-state index is 12.1. The molecule has 4 nitrogen and oxygen atoms in total. The van der Waals surface area contributed by atoms with Gasteiger partial charge in [0.15, 0.2) is 0 Å². The van der Waals surface area contributed by atoms with Crippen LogP contribution in [0.15, 0.2) is 59.8 Å². The number of halogens is 2. The summed E-state index contributed by atoms with van der Waals surface area (Å²) >= 11 is 11.9. The molecule has 0 bridgehead atoms. The zero-order valence-electron chi connectivity index (χ0n) is 11.8. The van der Waals surface area contributed by atoms with Gasteiger partial charge in [-0.15, -0.1) is 0 Å². The Morgan fingerprint density at radius 2 is 1.96 bits per heavy atom. The fourth-order valence-electron chi connectivity index (χ4n) is 2.12. The molecule has 0 radical (unpaired) electrons. The van der Waals surface area contributed by atoms with Crippen LogP contribution in [0.4, 0.5) is 0 Å². The number of rotatable bonds is 3. The number of pyridine rings is 1. The summed E-state index contributed by atoms with van der Waals surface area (Å²) in [6, 6.07) is 14.2. The highest BCUT2D eigenvalue weighted by Gasteiger charge is 2.10. The van der Waals surface area contributed by atoms with Crippen molar-refractivity contribution in [2.75, 3.05) is 0 Å². The van der Waals surface area contributed by atoms with Crippen LogP contribution in [0.2, 0.25) is 10.0 Å². The van der Waals surface area contributed by atoms with E-state index in [-0.39, 0.29) is 5.56 Å². The van der Waals surface area contributed by atoms with E-state index in [0.717, 1.165) is 16.5 Å². The van der Waals surface area contributed by atoms with Crippen molar-refractivity contribution in [3.05, 3.63) is 75.9 Å². The summed E-state index contributed by atoms with van der Waals surface area (Å²) in [5.74, 6) is -0.424. The Kier molecular flexibility index (Phi) is 4.55. The first-order chi connectivity index (χ1) is 11.1. The third-order valence-corrected chi connectivity index (χ3v) is 3.79. The van der Waals surface area contributed by atoms with Crippen molar-refractivity contribution < 1.29 is 4.79 Å². The summed E-state index contributed by atoms with van der Waals surface area (Å²) in [6.45, 7) is 0. The van der Waals surface area contributed by atoms with Crippen LogP contribution < -0.4 is 5.43 Å². The molecule has 0 aliphatic rings. The third-order valence-electron chi connectivity index (χ3n) is 3.23. The number of amides is 1. The molecule has 0 aliphatic carbocycles. The highest BCUT2D eigenvalue weighted by molar-refractivity contribution is 6.35. The lowest BCUT2D eigenvalue weighted by atomic mass is 10.1. The van der Waals surface area contributed by atoms with E-state index in [4.69, 9.17) is 23.2 Å². The van der Waals surface area contributed by atoms with Crippen LogP contribution in [0.5, 0.6) is 0 Å². The number of hydrazone groups is 1. The van der Waals surface area contributed by atoms with E-state index in [1.54, 1.807) is 24.5 Å². The lowest BCUT2D eigenvalue weighted by Gasteiger charge is -2.03. The molecule has 0 atom stereocenters. The summed E-state index contributed by atoms with van der Waals surface area (Å²) in [5, 5.41) is 5.69. The Bertz CT molecular complexity index is 904. The van der Waals surface area contributed by atoms with Crippen molar-refractivity contribution >= 4 is 46.2 Å². The zero-order valence-corrected chi connectivity index (χ0v) is 13.3. The number of nitrogens with one attached hydrogen (secondary N) is 1. The number of benzene rings is 2. The van der Waals surface area contributed by atoms with Crippen molar-refractivity contribution in [3.8, 4) is 0 Å². The van der Waals surface area contributed by atoms with Gasteiger partial charge in [0.2, 0.25) is 0 Å². The number of aromatic nitrogens is 1. The van der Waals surface area contributed by atoms with Crippen LogP contribution in [0, 0.1) is 0 Å². The molecule has 1 amide bonds. The molecule has 0 spiro atoms. The normalized spacial score (nSPS) is 11.0. The number of nitrogens with zero attached hydrogens (tertiary/aromatic N) is 2. The molecule has 6 heteroatoms. The number of carbonyl (C=O) groups is 1. The highest BCUT2D eigenvalue weighted by atomic mass is 35.5. The van der Waals surface area contributed by atoms with E-state index in [1.165, 1.54) is 6.07 Å². The standard InChI is InChI=1S/C17H11Cl2N3O/c18-12-5-6-15(19)14(9-12)17(23)22-21-10-11-7-8-20-16-4-2-1-3-13(11)16/h1-10H,(H,22,23). The van der Waals surface area contributed by atoms with Crippen molar-refractivity contribution in [2.24, 2.45) is 5.10 Å². The van der Waals surface area contributed by atoms with Gasteiger partial charge >= 0.3 is 0 Å². The molecule has 1 heterocycles. The second-order valence-corrected chi connectivity index (χ2v) is 5.58. The molecule has 0 saturated heterocycles. The van der Waals surface area contributed by atoms with E-state index >= 15 is 0 Å². The largest absolute Gasteiger partial charge is 0.272 e. The second-order valence-electron chi connectivity index (χ2n) is 4.74. The minimum atomic E-state index is -0.424. The van der Waals surface area contributed by atoms with Gasteiger partial charge in [-0.2, -0.15) is 5.10 Å². The second kappa shape index (κ2) is 6.77. The van der Waals surface area contributed by atoms with Crippen LogP contribution in [0.25, 0.3) is 10.9 Å². The summed E-state index contributed by atoms with van der Waals surface area (Å²) < 4.78 is 0. The Labute approximate surface area is 142 Å². The fourth-order valence-corrected chi connectivity index (χ4v) is 2.50. The summed E-state index contributed by atoms with van der Waals surface area (Å²) in [5.41, 5.74) is 4.44. The monoisotopic (exact) mass is 343 g/mol. The Morgan fingerprint density at radius 3 is 2.83 bits per heavy atom. The fraction of sp³-hybridized carbons (Fsp3) is 0. The van der Waals surface area contributed by atoms with Gasteiger partial charge in [0.25, 0.3) is 5.91 Å². The lowest BCUT2D eigenvalue weighted by Crippen LogP contribution is -2.18. The summed E-state index contributed by atoms with van der Waals surface area (Å²) in [4.78, 5) is 16.4. The zero-order chi connectivity index (χ0) is 16.2. The van der Waals surface area contributed by atoms with Crippen molar-refractivity contribution in [3.63, 3.8) is 0 Å². The topological polar surface area (TPSA) is 54.4 Å². The number of fused-ring (bicyclic) bond motifs is 1. The van der Waals surface area contributed by atoms with Crippen LogP contribution in [0.3, 0.4) is 0 Å². The van der Waals surface area contributed by atoms with Crippen molar-refractivity contribution in [1.29, 1.82) is 0 Å². The smallest absolute Gasteiger partial charge is 0.267 e. The van der Waals surface area contributed by atoms with E-state index in [1.807, 2.05) is 30.3 Å². The first-order valence-corrected chi connectivity index (χ1v) is 7.53. The van der Waals surface area contributed by atoms with Gasteiger partial charge in [-0.1, -0.05) is 41.4 Å². The maximum Gasteiger partial charge on any atom is 0.272 e. The van der Waals surface area contributed by atoms with Crippen molar-refractivity contribution in [1.82, 2.24) is 10.4 Å². The van der Waals surface area contributed by atoms with Crippen LogP contribution in [-0.2, 0) is 0 Å². The van der Waals surface area contributed by atoms with Gasteiger partial charge < -0.3 is 0 Å². The molecule has 3 aromatic rings.